The molecule has 112 valence electrons. The Morgan fingerprint density at radius 3 is 2.29 bits per heavy atom. The molecule has 2 rings (SSSR count). The molecule has 21 heavy (non-hydrogen) atoms. The molecular formula is C17H24N4. The molecule has 2 aromatic rings. The lowest BCUT2D eigenvalue weighted by Crippen LogP contribution is -2.27. The Bertz CT molecular complexity index is 642. The number of hydrogen-bond donors (Lipinski definition) is 2. The Kier molecular flexibility index (Phi) is 4.16. The molecule has 0 amide bonds. The maximum atomic E-state index is 4.57. The zero-order valence-corrected chi connectivity index (χ0v) is 13.7. The molecule has 1 aromatic heterocycles. The highest BCUT2D eigenvalue weighted by atomic mass is 15.2. The minimum atomic E-state index is -0.0625. The van der Waals surface area contributed by atoms with Crippen molar-refractivity contribution >= 4 is 17.5 Å². The molecule has 0 bridgehead atoms. The number of aryl methyl sites for hydroxylation is 3. The van der Waals surface area contributed by atoms with E-state index in [4.69, 9.17) is 0 Å². The largest absolute Gasteiger partial charge is 0.350 e. The predicted octanol–water partition coefficient (Wildman–Crippen LogP) is 4.36. The van der Waals surface area contributed by atoms with Crippen LogP contribution in [-0.2, 0) is 0 Å². The Balaban J connectivity index is 2.26. The van der Waals surface area contributed by atoms with Gasteiger partial charge in [-0.3, -0.25) is 0 Å². The summed E-state index contributed by atoms with van der Waals surface area (Å²) in [6.07, 6.45) is 1.84. The fourth-order valence-corrected chi connectivity index (χ4v) is 1.92. The minimum Gasteiger partial charge on any atom is -0.350 e. The van der Waals surface area contributed by atoms with E-state index >= 15 is 0 Å². The zero-order valence-electron chi connectivity index (χ0n) is 13.7. The van der Waals surface area contributed by atoms with Gasteiger partial charge in [0.05, 0.1) is 0 Å². The number of rotatable bonds is 3. The van der Waals surface area contributed by atoms with Crippen molar-refractivity contribution in [3.05, 3.63) is 41.1 Å². The second-order valence-corrected chi connectivity index (χ2v) is 6.52. The highest BCUT2D eigenvalue weighted by Crippen LogP contribution is 2.22. The Hall–Kier alpha value is -2.10. The minimum absolute atomic E-state index is 0.0625. The van der Waals surface area contributed by atoms with Gasteiger partial charge in [0.25, 0.3) is 0 Å². The number of nitrogens with zero attached hydrogens (tertiary/aromatic N) is 2. The predicted molar refractivity (Wildman–Crippen MR) is 89.3 cm³/mol. The summed E-state index contributed by atoms with van der Waals surface area (Å²) in [6.45, 7) is 12.5. The molecule has 0 aliphatic rings. The Labute approximate surface area is 127 Å². The van der Waals surface area contributed by atoms with Crippen LogP contribution in [0.3, 0.4) is 0 Å². The van der Waals surface area contributed by atoms with Crippen molar-refractivity contribution in [1.82, 2.24) is 9.97 Å². The van der Waals surface area contributed by atoms with Crippen LogP contribution in [0.15, 0.2) is 24.4 Å². The van der Waals surface area contributed by atoms with E-state index in [-0.39, 0.29) is 5.54 Å². The van der Waals surface area contributed by atoms with E-state index in [1.54, 1.807) is 0 Å². The Morgan fingerprint density at radius 2 is 1.67 bits per heavy atom. The van der Waals surface area contributed by atoms with E-state index < -0.39 is 0 Å². The molecule has 1 aromatic carbocycles. The SMILES string of the molecule is Cc1ccc(Nc2nc(NC(C)(C)C)ncc2C)cc1C. The molecule has 4 heteroatoms. The molecule has 4 nitrogen and oxygen atoms in total. The van der Waals surface area contributed by atoms with E-state index in [1.807, 2.05) is 13.1 Å². The van der Waals surface area contributed by atoms with Crippen LogP contribution >= 0.6 is 0 Å². The summed E-state index contributed by atoms with van der Waals surface area (Å²) in [5.74, 6) is 1.47. The van der Waals surface area contributed by atoms with Gasteiger partial charge in [0, 0.05) is 23.0 Å². The lowest BCUT2D eigenvalue weighted by atomic mass is 10.1. The number of hydrogen-bond acceptors (Lipinski definition) is 4. The van der Waals surface area contributed by atoms with Crippen LogP contribution < -0.4 is 10.6 Å². The van der Waals surface area contributed by atoms with Gasteiger partial charge in [-0.15, -0.1) is 0 Å². The van der Waals surface area contributed by atoms with E-state index in [1.165, 1.54) is 11.1 Å². The highest BCUT2D eigenvalue weighted by molar-refractivity contribution is 5.61. The molecule has 1 heterocycles. The average molecular weight is 284 g/mol. The molecule has 0 saturated heterocycles. The number of nitrogens with one attached hydrogen (secondary N) is 2. The third-order valence-electron chi connectivity index (χ3n) is 3.23. The monoisotopic (exact) mass is 284 g/mol. The lowest BCUT2D eigenvalue weighted by Gasteiger charge is -2.21. The third-order valence-corrected chi connectivity index (χ3v) is 3.23. The molecule has 0 saturated carbocycles. The normalized spacial score (nSPS) is 11.3. The summed E-state index contributed by atoms with van der Waals surface area (Å²) >= 11 is 0. The van der Waals surface area contributed by atoms with Gasteiger partial charge >= 0.3 is 0 Å². The lowest BCUT2D eigenvalue weighted by molar-refractivity contribution is 0.626. The molecule has 0 atom stereocenters. The van der Waals surface area contributed by atoms with E-state index in [0.717, 1.165) is 17.1 Å². The third kappa shape index (κ3) is 4.18. The van der Waals surface area contributed by atoms with Gasteiger partial charge in [0.1, 0.15) is 5.82 Å². The second-order valence-electron chi connectivity index (χ2n) is 6.52. The molecule has 0 spiro atoms. The molecule has 0 aliphatic heterocycles. The summed E-state index contributed by atoms with van der Waals surface area (Å²) in [6, 6.07) is 6.32. The highest BCUT2D eigenvalue weighted by Gasteiger charge is 2.12. The average Bonchev–Trinajstić information content (AvgIpc) is 2.36. The van der Waals surface area contributed by atoms with Gasteiger partial charge in [0.15, 0.2) is 0 Å². The first-order valence-corrected chi connectivity index (χ1v) is 7.21. The molecule has 0 unspecified atom stereocenters. The van der Waals surface area contributed by atoms with Crippen LogP contribution in [0.25, 0.3) is 0 Å². The van der Waals surface area contributed by atoms with Crippen LogP contribution in [0.2, 0.25) is 0 Å². The molecule has 2 N–H and O–H groups in total. The van der Waals surface area contributed by atoms with E-state index in [2.05, 4.69) is 73.4 Å². The van der Waals surface area contributed by atoms with Gasteiger partial charge in [0.2, 0.25) is 5.95 Å². The van der Waals surface area contributed by atoms with E-state index in [0.29, 0.717) is 5.95 Å². The van der Waals surface area contributed by atoms with Crippen molar-refractivity contribution in [2.45, 2.75) is 47.1 Å². The van der Waals surface area contributed by atoms with Gasteiger partial charge in [-0.25, -0.2) is 4.98 Å². The first-order valence-electron chi connectivity index (χ1n) is 7.21. The number of anilines is 3. The quantitative estimate of drug-likeness (QED) is 0.879. The van der Waals surface area contributed by atoms with Gasteiger partial charge in [-0.2, -0.15) is 4.98 Å². The van der Waals surface area contributed by atoms with Crippen LogP contribution in [0.4, 0.5) is 17.5 Å². The first-order chi connectivity index (χ1) is 9.74. The first kappa shape index (κ1) is 15.3. The summed E-state index contributed by atoms with van der Waals surface area (Å²) in [7, 11) is 0. The van der Waals surface area contributed by atoms with Crippen molar-refractivity contribution in [3.8, 4) is 0 Å². The zero-order chi connectivity index (χ0) is 15.6. The maximum Gasteiger partial charge on any atom is 0.225 e. The Morgan fingerprint density at radius 1 is 0.952 bits per heavy atom. The maximum absolute atomic E-state index is 4.57. The fourth-order valence-electron chi connectivity index (χ4n) is 1.92. The summed E-state index contributed by atoms with van der Waals surface area (Å²) in [5, 5.41) is 6.67. The summed E-state index contributed by atoms with van der Waals surface area (Å²) in [4.78, 5) is 8.91. The standard InChI is InChI=1S/C17H24N4/c1-11-7-8-14(9-12(11)2)19-15-13(3)10-18-16(20-15)21-17(4,5)6/h7-10H,1-6H3,(H2,18,19,20,21). The van der Waals surface area contributed by atoms with E-state index in [9.17, 15) is 0 Å². The van der Waals surface area contributed by atoms with Gasteiger partial charge in [-0.05, 0) is 64.8 Å². The van der Waals surface area contributed by atoms with Crippen molar-refractivity contribution < 1.29 is 0 Å². The van der Waals surface area contributed by atoms with Crippen LogP contribution in [-0.4, -0.2) is 15.5 Å². The summed E-state index contributed by atoms with van der Waals surface area (Å²) in [5.41, 5.74) is 4.55. The van der Waals surface area contributed by atoms with Crippen molar-refractivity contribution in [2.24, 2.45) is 0 Å². The van der Waals surface area contributed by atoms with Crippen molar-refractivity contribution in [2.75, 3.05) is 10.6 Å². The smallest absolute Gasteiger partial charge is 0.225 e. The van der Waals surface area contributed by atoms with Crippen LogP contribution in [0, 0.1) is 20.8 Å². The molecule has 0 radical (unpaired) electrons. The molecular weight excluding hydrogens is 260 g/mol. The molecule has 0 fully saturated rings. The van der Waals surface area contributed by atoms with Gasteiger partial charge in [-0.1, -0.05) is 6.07 Å². The van der Waals surface area contributed by atoms with Gasteiger partial charge < -0.3 is 10.6 Å². The van der Waals surface area contributed by atoms with Crippen molar-refractivity contribution in [1.29, 1.82) is 0 Å². The van der Waals surface area contributed by atoms with Crippen molar-refractivity contribution in [3.63, 3.8) is 0 Å². The number of aromatic nitrogens is 2. The van der Waals surface area contributed by atoms with Crippen LogP contribution in [0.5, 0.6) is 0 Å². The number of benzene rings is 1. The fraction of sp³-hybridized carbons (Fsp3) is 0.412. The topological polar surface area (TPSA) is 49.8 Å². The summed E-state index contributed by atoms with van der Waals surface area (Å²) < 4.78 is 0. The second kappa shape index (κ2) is 5.72. The van der Waals surface area contributed by atoms with Crippen LogP contribution in [0.1, 0.15) is 37.5 Å². The molecule has 0 aliphatic carbocycles.